The van der Waals surface area contributed by atoms with Gasteiger partial charge in [0.25, 0.3) is 5.56 Å². The maximum Gasteiger partial charge on any atom is 0.261 e. The van der Waals surface area contributed by atoms with Crippen molar-refractivity contribution in [3.05, 3.63) is 64.7 Å². The molecule has 0 aliphatic carbocycles. The van der Waals surface area contributed by atoms with Crippen LogP contribution in [0.3, 0.4) is 0 Å². The van der Waals surface area contributed by atoms with Gasteiger partial charge in [-0.05, 0) is 43.3 Å². The van der Waals surface area contributed by atoms with E-state index in [0.29, 0.717) is 21.7 Å². The van der Waals surface area contributed by atoms with Crippen LogP contribution >= 0.6 is 11.8 Å². The third kappa shape index (κ3) is 3.71. The maximum atomic E-state index is 12.9. The first-order chi connectivity index (χ1) is 12.0. The first-order valence-corrected chi connectivity index (χ1v) is 8.52. The number of amides is 1. The molecule has 0 saturated carbocycles. The number of halogens is 1. The number of nitrogens with zero attached hydrogens (tertiary/aromatic N) is 2. The molecular formula is C18H16FN3O2S. The zero-order valence-electron chi connectivity index (χ0n) is 13.7. The van der Waals surface area contributed by atoms with Gasteiger partial charge in [0.1, 0.15) is 5.82 Å². The predicted octanol–water partition coefficient (Wildman–Crippen LogP) is 3.19. The van der Waals surface area contributed by atoms with Crippen molar-refractivity contribution in [1.82, 2.24) is 9.55 Å². The lowest BCUT2D eigenvalue weighted by molar-refractivity contribution is -0.115. The summed E-state index contributed by atoms with van der Waals surface area (Å²) in [6, 6.07) is 12.6. The average molecular weight is 357 g/mol. The van der Waals surface area contributed by atoms with E-state index in [2.05, 4.69) is 10.3 Å². The molecular weight excluding hydrogens is 341 g/mol. The molecule has 0 aliphatic heterocycles. The molecule has 0 bridgehead atoms. The Morgan fingerprint density at radius 1 is 1.20 bits per heavy atom. The molecule has 0 spiro atoms. The van der Waals surface area contributed by atoms with Gasteiger partial charge in [-0.3, -0.25) is 14.2 Å². The number of carbonyl (C=O) groups is 1. The van der Waals surface area contributed by atoms with E-state index in [1.54, 1.807) is 32.2 Å². The quantitative estimate of drug-likeness (QED) is 0.575. The molecule has 3 rings (SSSR count). The van der Waals surface area contributed by atoms with Gasteiger partial charge >= 0.3 is 0 Å². The van der Waals surface area contributed by atoms with Crippen LogP contribution in [-0.4, -0.2) is 20.7 Å². The van der Waals surface area contributed by atoms with Crippen molar-refractivity contribution < 1.29 is 9.18 Å². The molecule has 3 aromatic rings. The van der Waals surface area contributed by atoms with Crippen LogP contribution in [0.5, 0.6) is 0 Å². The summed E-state index contributed by atoms with van der Waals surface area (Å²) in [6.45, 7) is 1.73. The number of hydrogen-bond acceptors (Lipinski definition) is 4. The fourth-order valence-electron chi connectivity index (χ4n) is 2.29. The summed E-state index contributed by atoms with van der Waals surface area (Å²) in [5.74, 6) is -0.616. The number of rotatable bonds is 4. The number of thioether (sulfide) groups is 1. The second-order valence-electron chi connectivity index (χ2n) is 5.53. The Kier molecular flexibility index (Phi) is 4.85. The number of benzene rings is 2. The Balaban J connectivity index is 1.80. The van der Waals surface area contributed by atoms with Crippen LogP contribution in [0.15, 0.2) is 58.5 Å². The fourth-order valence-corrected chi connectivity index (χ4v) is 3.17. The highest BCUT2D eigenvalue weighted by atomic mass is 32.2. The van der Waals surface area contributed by atoms with Crippen molar-refractivity contribution >= 4 is 34.3 Å². The lowest BCUT2D eigenvalue weighted by atomic mass is 10.2. The van der Waals surface area contributed by atoms with Gasteiger partial charge in [-0.1, -0.05) is 23.9 Å². The lowest BCUT2D eigenvalue weighted by Gasteiger charge is -2.14. The summed E-state index contributed by atoms with van der Waals surface area (Å²) in [5.41, 5.74) is 0.956. The molecule has 1 amide bonds. The van der Waals surface area contributed by atoms with E-state index in [4.69, 9.17) is 0 Å². The van der Waals surface area contributed by atoms with Crippen LogP contribution < -0.4 is 10.9 Å². The first kappa shape index (κ1) is 17.2. The molecule has 0 saturated heterocycles. The molecule has 2 aromatic carbocycles. The van der Waals surface area contributed by atoms with Crippen LogP contribution in [-0.2, 0) is 11.8 Å². The predicted molar refractivity (Wildman–Crippen MR) is 97.3 cm³/mol. The van der Waals surface area contributed by atoms with Crippen LogP contribution in [0.25, 0.3) is 10.9 Å². The molecule has 1 N–H and O–H groups in total. The van der Waals surface area contributed by atoms with E-state index in [0.717, 1.165) is 0 Å². The second kappa shape index (κ2) is 7.06. The number of anilines is 1. The Bertz CT molecular complexity index is 986. The summed E-state index contributed by atoms with van der Waals surface area (Å²) in [5, 5.41) is 3.24. The Morgan fingerprint density at radius 2 is 1.88 bits per heavy atom. The Hall–Kier alpha value is -2.67. The Labute approximate surface area is 147 Å². The monoisotopic (exact) mass is 357 g/mol. The van der Waals surface area contributed by atoms with Crippen molar-refractivity contribution in [1.29, 1.82) is 0 Å². The maximum absolute atomic E-state index is 12.9. The van der Waals surface area contributed by atoms with Gasteiger partial charge in [0.2, 0.25) is 5.91 Å². The van der Waals surface area contributed by atoms with E-state index in [-0.39, 0.29) is 17.3 Å². The largest absolute Gasteiger partial charge is 0.325 e. The minimum atomic E-state index is -0.482. The topological polar surface area (TPSA) is 64.0 Å². The van der Waals surface area contributed by atoms with Gasteiger partial charge < -0.3 is 5.32 Å². The molecule has 1 heterocycles. The minimum Gasteiger partial charge on any atom is -0.325 e. The summed E-state index contributed by atoms with van der Waals surface area (Å²) in [4.78, 5) is 29.2. The molecule has 1 unspecified atom stereocenters. The highest BCUT2D eigenvalue weighted by molar-refractivity contribution is 8.00. The van der Waals surface area contributed by atoms with Crippen LogP contribution in [0.1, 0.15) is 6.92 Å². The molecule has 128 valence electrons. The SMILES string of the molecule is CC(Sc1nc2ccccc2c(=O)n1C)C(=O)Nc1ccc(F)cc1. The van der Waals surface area contributed by atoms with Crippen LogP contribution in [0.4, 0.5) is 10.1 Å². The molecule has 1 atom stereocenters. The summed E-state index contributed by atoms with van der Waals surface area (Å²) in [7, 11) is 1.63. The number of nitrogens with one attached hydrogen (secondary N) is 1. The molecule has 0 radical (unpaired) electrons. The van der Waals surface area contributed by atoms with E-state index < -0.39 is 5.25 Å². The van der Waals surface area contributed by atoms with E-state index >= 15 is 0 Å². The van der Waals surface area contributed by atoms with Gasteiger partial charge in [-0.25, -0.2) is 9.37 Å². The number of para-hydroxylation sites is 1. The number of hydrogen-bond donors (Lipinski definition) is 1. The lowest BCUT2D eigenvalue weighted by Crippen LogP contribution is -2.25. The number of aromatic nitrogens is 2. The average Bonchev–Trinajstić information content (AvgIpc) is 2.61. The normalized spacial score (nSPS) is 12.1. The van der Waals surface area contributed by atoms with E-state index in [1.165, 1.54) is 40.6 Å². The number of fused-ring (bicyclic) bond motifs is 1. The first-order valence-electron chi connectivity index (χ1n) is 7.64. The molecule has 25 heavy (non-hydrogen) atoms. The molecule has 0 fully saturated rings. The minimum absolute atomic E-state index is 0.153. The highest BCUT2D eigenvalue weighted by Crippen LogP contribution is 2.23. The highest BCUT2D eigenvalue weighted by Gasteiger charge is 2.18. The smallest absolute Gasteiger partial charge is 0.261 e. The van der Waals surface area contributed by atoms with Gasteiger partial charge in [-0.2, -0.15) is 0 Å². The molecule has 7 heteroatoms. The van der Waals surface area contributed by atoms with Gasteiger partial charge in [-0.15, -0.1) is 0 Å². The van der Waals surface area contributed by atoms with Crippen LogP contribution in [0.2, 0.25) is 0 Å². The van der Waals surface area contributed by atoms with Crippen molar-refractivity contribution in [3.63, 3.8) is 0 Å². The van der Waals surface area contributed by atoms with E-state index in [9.17, 15) is 14.0 Å². The third-order valence-electron chi connectivity index (χ3n) is 3.71. The summed E-state index contributed by atoms with van der Waals surface area (Å²) < 4.78 is 14.4. The fraction of sp³-hybridized carbons (Fsp3) is 0.167. The molecule has 1 aromatic heterocycles. The van der Waals surface area contributed by atoms with Gasteiger partial charge in [0, 0.05) is 12.7 Å². The zero-order valence-corrected chi connectivity index (χ0v) is 14.5. The van der Waals surface area contributed by atoms with Crippen molar-refractivity contribution in [2.75, 3.05) is 5.32 Å². The van der Waals surface area contributed by atoms with Crippen LogP contribution in [0, 0.1) is 5.82 Å². The van der Waals surface area contributed by atoms with Gasteiger partial charge in [0.15, 0.2) is 5.16 Å². The molecule has 5 nitrogen and oxygen atoms in total. The zero-order chi connectivity index (χ0) is 18.0. The Morgan fingerprint density at radius 3 is 2.60 bits per heavy atom. The summed E-state index contributed by atoms with van der Waals surface area (Å²) in [6.07, 6.45) is 0. The third-order valence-corrected chi connectivity index (χ3v) is 4.85. The van der Waals surface area contributed by atoms with Crippen molar-refractivity contribution in [3.8, 4) is 0 Å². The second-order valence-corrected chi connectivity index (χ2v) is 6.84. The van der Waals surface area contributed by atoms with E-state index in [1.807, 2.05) is 6.07 Å². The van der Waals surface area contributed by atoms with Crippen molar-refractivity contribution in [2.24, 2.45) is 7.05 Å². The summed E-state index contributed by atoms with van der Waals surface area (Å²) >= 11 is 1.20. The number of carbonyl (C=O) groups excluding carboxylic acids is 1. The van der Waals surface area contributed by atoms with Crippen molar-refractivity contribution in [2.45, 2.75) is 17.3 Å². The molecule has 0 aliphatic rings. The standard InChI is InChI=1S/C18H16FN3O2S/c1-11(16(23)20-13-9-7-12(19)8-10-13)25-18-21-15-6-4-3-5-14(15)17(24)22(18)2/h3-11H,1-2H3,(H,20,23). The van der Waals surface area contributed by atoms with Gasteiger partial charge in [0.05, 0.1) is 16.2 Å².